The van der Waals surface area contributed by atoms with E-state index >= 15 is 0 Å². The number of rotatable bonds is 5. The molecule has 2 rings (SSSR count). The summed E-state index contributed by atoms with van der Waals surface area (Å²) in [6, 6.07) is 9.09. The number of nitrogens with zero attached hydrogens (tertiary/aromatic N) is 2. The molecule has 0 spiro atoms. The molecule has 0 aliphatic rings. The summed E-state index contributed by atoms with van der Waals surface area (Å²) in [5.74, 6) is 1.07. The number of hydrogen-bond acceptors (Lipinski definition) is 2. The molecule has 2 aromatic rings. The number of hydrogen-bond donors (Lipinski definition) is 1. The lowest BCUT2D eigenvalue weighted by atomic mass is 9.94. The number of aromatic nitrogens is 2. The molecule has 1 atom stereocenters. The Morgan fingerprint density at radius 2 is 1.71 bits per heavy atom. The van der Waals surface area contributed by atoms with Gasteiger partial charge in [-0.25, -0.2) is 0 Å². The Morgan fingerprint density at radius 3 is 2.24 bits per heavy atom. The van der Waals surface area contributed by atoms with Gasteiger partial charge in [-0.1, -0.05) is 39.8 Å². The van der Waals surface area contributed by atoms with Crippen LogP contribution in [0.3, 0.4) is 0 Å². The van der Waals surface area contributed by atoms with Gasteiger partial charge in [-0.2, -0.15) is 5.10 Å². The highest BCUT2D eigenvalue weighted by atomic mass is 15.3. The summed E-state index contributed by atoms with van der Waals surface area (Å²) in [4.78, 5) is 0. The molecular weight excluding hydrogens is 258 g/mol. The summed E-state index contributed by atoms with van der Waals surface area (Å²) < 4.78 is 1.93. The molecule has 0 saturated carbocycles. The second-order valence-electron chi connectivity index (χ2n) is 6.40. The normalized spacial score (nSPS) is 13.0. The molecule has 114 valence electrons. The molecule has 0 saturated heterocycles. The maximum absolute atomic E-state index is 4.25. The maximum Gasteiger partial charge on any atom is 0.0654 e. The third-order valence-electron chi connectivity index (χ3n) is 4.04. The first-order valence-corrected chi connectivity index (χ1v) is 7.78. The molecule has 0 amide bonds. The number of anilines is 1. The van der Waals surface area contributed by atoms with Crippen LogP contribution in [0.15, 0.2) is 30.5 Å². The molecule has 1 N–H and O–H groups in total. The van der Waals surface area contributed by atoms with Crippen LogP contribution in [-0.4, -0.2) is 9.78 Å². The number of aryl methyl sites for hydroxylation is 1. The fourth-order valence-corrected chi connectivity index (χ4v) is 2.67. The summed E-state index contributed by atoms with van der Waals surface area (Å²) in [5.41, 5.74) is 5.20. The first-order valence-electron chi connectivity index (χ1n) is 7.78. The van der Waals surface area contributed by atoms with Crippen LogP contribution in [0.2, 0.25) is 0 Å². The van der Waals surface area contributed by atoms with Crippen molar-refractivity contribution in [1.82, 2.24) is 9.78 Å². The molecule has 3 nitrogen and oxygen atoms in total. The molecular formula is C18H27N3. The molecule has 1 aromatic carbocycles. The smallest absolute Gasteiger partial charge is 0.0654 e. The van der Waals surface area contributed by atoms with Crippen LogP contribution in [0.1, 0.15) is 69.3 Å². The Balaban J connectivity index is 2.29. The minimum Gasteiger partial charge on any atom is -0.377 e. The van der Waals surface area contributed by atoms with Gasteiger partial charge in [0.05, 0.1) is 11.7 Å². The van der Waals surface area contributed by atoms with E-state index in [0.29, 0.717) is 11.8 Å². The Bertz CT molecular complexity index is 596. The minimum absolute atomic E-state index is 0.236. The lowest BCUT2D eigenvalue weighted by molar-refractivity contribution is 0.674. The van der Waals surface area contributed by atoms with Gasteiger partial charge in [0, 0.05) is 18.9 Å². The lowest BCUT2D eigenvalue weighted by Crippen LogP contribution is -2.13. The highest BCUT2D eigenvalue weighted by Gasteiger charge is 2.14. The predicted octanol–water partition coefficient (Wildman–Crippen LogP) is 4.84. The van der Waals surface area contributed by atoms with Crippen LogP contribution in [0, 0.1) is 0 Å². The SMILES string of the molecule is CC(C)c1ccc(NC(C)c2ccnn2C)c(C(C)C)c1. The zero-order chi connectivity index (χ0) is 15.6. The topological polar surface area (TPSA) is 29.9 Å². The predicted molar refractivity (Wildman–Crippen MR) is 89.9 cm³/mol. The van der Waals surface area contributed by atoms with Gasteiger partial charge < -0.3 is 5.32 Å². The van der Waals surface area contributed by atoms with Crippen molar-refractivity contribution >= 4 is 5.69 Å². The van der Waals surface area contributed by atoms with E-state index < -0.39 is 0 Å². The van der Waals surface area contributed by atoms with Crippen LogP contribution < -0.4 is 5.32 Å². The summed E-state index contributed by atoms with van der Waals surface area (Å²) in [6.45, 7) is 11.2. The van der Waals surface area contributed by atoms with E-state index in [4.69, 9.17) is 0 Å². The Kier molecular flexibility index (Phi) is 4.71. The highest BCUT2D eigenvalue weighted by Crippen LogP contribution is 2.30. The van der Waals surface area contributed by atoms with Crippen molar-refractivity contribution < 1.29 is 0 Å². The van der Waals surface area contributed by atoms with E-state index in [9.17, 15) is 0 Å². The summed E-state index contributed by atoms with van der Waals surface area (Å²) in [5, 5.41) is 7.89. The first-order chi connectivity index (χ1) is 9.90. The molecule has 1 aromatic heterocycles. The van der Waals surface area contributed by atoms with Crippen molar-refractivity contribution in [3.63, 3.8) is 0 Å². The average Bonchev–Trinajstić information content (AvgIpc) is 2.85. The maximum atomic E-state index is 4.25. The summed E-state index contributed by atoms with van der Waals surface area (Å²) in [7, 11) is 1.98. The van der Waals surface area contributed by atoms with Crippen LogP contribution in [0.25, 0.3) is 0 Å². The minimum atomic E-state index is 0.236. The number of benzene rings is 1. The molecule has 1 heterocycles. The van der Waals surface area contributed by atoms with Crippen molar-refractivity contribution in [3.8, 4) is 0 Å². The van der Waals surface area contributed by atoms with Gasteiger partial charge >= 0.3 is 0 Å². The fourth-order valence-electron chi connectivity index (χ4n) is 2.67. The van der Waals surface area contributed by atoms with E-state index in [0.717, 1.165) is 0 Å². The zero-order valence-electron chi connectivity index (χ0n) is 14.0. The van der Waals surface area contributed by atoms with Gasteiger partial charge in [-0.05, 0) is 42.0 Å². The number of nitrogens with one attached hydrogen (secondary N) is 1. The average molecular weight is 285 g/mol. The van der Waals surface area contributed by atoms with E-state index in [1.165, 1.54) is 22.5 Å². The summed E-state index contributed by atoms with van der Waals surface area (Å²) in [6.07, 6.45) is 1.85. The third kappa shape index (κ3) is 3.46. The first kappa shape index (κ1) is 15.6. The van der Waals surface area contributed by atoms with Crippen LogP contribution in [-0.2, 0) is 7.05 Å². The molecule has 0 bridgehead atoms. The van der Waals surface area contributed by atoms with Crippen molar-refractivity contribution in [2.45, 2.75) is 52.5 Å². The molecule has 0 aliphatic carbocycles. The van der Waals surface area contributed by atoms with Crippen molar-refractivity contribution in [2.75, 3.05) is 5.32 Å². The molecule has 3 heteroatoms. The second-order valence-corrected chi connectivity index (χ2v) is 6.40. The van der Waals surface area contributed by atoms with Gasteiger partial charge in [0.1, 0.15) is 0 Å². The molecule has 21 heavy (non-hydrogen) atoms. The monoisotopic (exact) mass is 285 g/mol. The summed E-state index contributed by atoms with van der Waals surface area (Å²) >= 11 is 0. The Labute approximate surface area is 128 Å². The standard InChI is InChI=1S/C18H27N3/c1-12(2)15-7-8-17(16(11-15)13(3)4)20-14(5)18-9-10-19-21(18)6/h7-14,20H,1-6H3. The van der Waals surface area contributed by atoms with Crippen LogP contribution >= 0.6 is 0 Å². The van der Waals surface area contributed by atoms with E-state index in [1.54, 1.807) is 0 Å². The van der Waals surface area contributed by atoms with Gasteiger partial charge in [0.25, 0.3) is 0 Å². The van der Waals surface area contributed by atoms with Gasteiger partial charge in [-0.15, -0.1) is 0 Å². The van der Waals surface area contributed by atoms with E-state index in [1.807, 2.05) is 17.9 Å². The van der Waals surface area contributed by atoms with Crippen molar-refractivity contribution in [2.24, 2.45) is 7.05 Å². The second kappa shape index (κ2) is 6.33. The molecule has 0 radical (unpaired) electrons. The van der Waals surface area contributed by atoms with Gasteiger partial charge in [-0.3, -0.25) is 4.68 Å². The van der Waals surface area contributed by atoms with Crippen LogP contribution in [0.5, 0.6) is 0 Å². The highest BCUT2D eigenvalue weighted by molar-refractivity contribution is 5.55. The quantitative estimate of drug-likeness (QED) is 0.852. The van der Waals surface area contributed by atoms with Gasteiger partial charge in [0.15, 0.2) is 0 Å². The Hall–Kier alpha value is -1.77. The van der Waals surface area contributed by atoms with E-state index in [2.05, 4.69) is 69.3 Å². The fraction of sp³-hybridized carbons (Fsp3) is 0.500. The van der Waals surface area contributed by atoms with Crippen molar-refractivity contribution in [3.05, 3.63) is 47.3 Å². The molecule has 0 fully saturated rings. The lowest BCUT2D eigenvalue weighted by Gasteiger charge is -2.21. The van der Waals surface area contributed by atoms with Crippen molar-refractivity contribution in [1.29, 1.82) is 0 Å². The van der Waals surface area contributed by atoms with Crippen LogP contribution in [0.4, 0.5) is 5.69 Å². The largest absolute Gasteiger partial charge is 0.377 e. The third-order valence-corrected chi connectivity index (χ3v) is 4.04. The molecule has 0 aliphatic heterocycles. The van der Waals surface area contributed by atoms with Gasteiger partial charge in [0.2, 0.25) is 0 Å². The molecule has 1 unspecified atom stereocenters. The van der Waals surface area contributed by atoms with E-state index in [-0.39, 0.29) is 6.04 Å². The Morgan fingerprint density at radius 1 is 1.00 bits per heavy atom. The zero-order valence-corrected chi connectivity index (χ0v) is 14.0.